The van der Waals surface area contributed by atoms with Crippen molar-refractivity contribution >= 4 is 46.3 Å². The van der Waals surface area contributed by atoms with Crippen LogP contribution in [0, 0.1) is 10.1 Å². The van der Waals surface area contributed by atoms with Gasteiger partial charge in [-0.25, -0.2) is 4.79 Å². The molecule has 0 spiro atoms. The number of non-ortho nitro benzene ring substituents is 1. The summed E-state index contributed by atoms with van der Waals surface area (Å²) in [6.45, 7) is 0. The Labute approximate surface area is 129 Å². The van der Waals surface area contributed by atoms with Gasteiger partial charge in [0.05, 0.1) is 15.6 Å². The average Bonchev–Trinajstić information content (AvgIpc) is 2.40. The van der Waals surface area contributed by atoms with E-state index in [2.05, 4.69) is 10.6 Å². The van der Waals surface area contributed by atoms with Gasteiger partial charge >= 0.3 is 6.03 Å². The molecule has 0 saturated heterocycles. The van der Waals surface area contributed by atoms with Crippen LogP contribution in [0.5, 0.6) is 0 Å². The number of nitrogens with one attached hydrogen (secondary N) is 2. The van der Waals surface area contributed by atoms with Crippen molar-refractivity contribution in [3.05, 3.63) is 62.6 Å². The van der Waals surface area contributed by atoms with E-state index >= 15 is 0 Å². The van der Waals surface area contributed by atoms with Gasteiger partial charge in [0.15, 0.2) is 0 Å². The lowest BCUT2D eigenvalue weighted by Gasteiger charge is -2.09. The molecule has 0 aromatic heterocycles. The highest BCUT2D eigenvalue weighted by Crippen LogP contribution is 2.26. The third-order valence-corrected chi connectivity index (χ3v) is 3.04. The molecule has 0 atom stereocenters. The summed E-state index contributed by atoms with van der Waals surface area (Å²) in [4.78, 5) is 21.8. The van der Waals surface area contributed by atoms with Crippen LogP contribution in [0.4, 0.5) is 21.9 Å². The number of nitro benzene ring substituents is 1. The highest BCUT2D eigenvalue weighted by atomic mass is 35.5. The standard InChI is InChI=1S/C13H9Cl2N3O3/c14-8-2-1-3-9(6-8)16-13(19)17-12-5-4-10(18(20)21)7-11(12)15/h1-7H,(H2,16,17,19). The summed E-state index contributed by atoms with van der Waals surface area (Å²) in [5.41, 5.74) is 0.626. The molecule has 2 amide bonds. The van der Waals surface area contributed by atoms with Crippen molar-refractivity contribution in [1.82, 2.24) is 0 Å². The summed E-state index contributed by atoms with van der Waals surface area (Å²) in [6.07, 6.45) is 0. The van der Waals surface area contributed by atoms with Gasteiger partial charge in [-0.15, -0.1) is 0 Å². The number of benzene rings is 2. The van der Waals surface area contributed by atoms with Crippen LogP contribution >= 0.6 is 23.2 Å². The molecule has 0 aliphatic carbocycles. The molecule has 2 aromatic carbocycles. The van der Waals surface area contributed by atoms with Crippen LogP contribution in [0.15, 0.2) is 42.5 Å². The number of carbonyl (C=O) groups excluding carboxylic acids is 1. The summed E-state index contributed by atoms with van der Waals surface area (Å²) in [5, 5.41) is 16.2. The van der Waals surface area contributed by atoms with Gasteiger partial charge < -0.3 is 10.6 Å². The molecule has 108 valence electrons. The first-order chi connectivity index (χ1) is 9.95. The van der Waals surface area contributed by atoms with Gasteiger partial charge in [0.1, 0.15) is 0 Å². The first-order valence-electron chi connectivity index (χ1n) is 5.73. The van der Waals surface area contributed by atoms with Crippen molar-refractivity contribution in [3.63, 3.8) is 0 Å². The Morgan fingerprint density at radius 2 is 1.86 bits per heavy atom. The molecule has 6 nitrogen and oxygen atoms in total. The molecule has 0 aliphatic heterocycles. The molecule has 21 heavy (non-hydrogen) atoms. The number of hydrogen-bond acceptors (Lipinski definition) is 3. The van der Waals surface area contributed by atoms with Crippen LogP contribution in [0.1, 0.15) is 0 Å². The summed E-state index contributed by atoms with van der Waals surface area (Å²) < 4.78 is 0. The number of nitrogens with zero attached hydrogens (tertiary/aromatic N) is 1. The fourth-order valence-corrected chi connectivity index (χ4v) is 1.98. The highest BCUT2D eigenvalue weighted by Gasteiger charge is 2.11. The number of amides is 2. The SMILES string of the molecule is O=C(Nc1cccc(Cl)c1)Nc1ccc([N+](=O)[O-])cc1Cl. The van der Waals surface area contributed by atoms with E-state index in [9.17, 15) is 14.9 Å². The van der Waals surface area contributed by atoms with E-state index in [1.54, 1.807) is 24.3 Å². The molecule has 2 aromatic rings. The number of rotatable bonds is 3. The van der Waals surface area contributed by atoms with Gasteiger partial charge in [-0.1, -0.05) is 29.3 Å². The van der Waals surface area contributed by atoms with Gasteiger partial charge in [0, 0.05) is 22.8 Å². The van der Waals surface area contributed by atoms with Crippen LogP contribution in [-0.2, 0) is 0 Å². The van der Waals surface area contributed by atoms with Crippen molar-refractivity contribution in [3.8, 4) is 0 Å². The van der Waals surface area contributed by atoms with Gasteiger partial charge in [-0.3, -0.25) is 10.1 Å². The second kappa shape index (κ2) is 6.43. The van der Waals surface area contributed by atoms with Crippen LogP contribution in [-0.4, -0.2) is 11.0 Å². The van der Waals surface area contributed by atoms with Crippen LogP contribution in [0.3, 0.4) is 0 Å². The number of carbonyl (C=O) groups is 1. The van der Waals surface area contributed by atoms with E-state index in [4.69, 9.17) is 23.2 Å². The van der Waals surface area contributed by atoms with Crippen molar-refractivity contribution in [2.75, 3.05) is 10.6 Å². The Bertz CT molecular complexity index is 707. The van der Waals surface area contributed by atoms with Crippen molar-refractivity contribution in [2.45, 2.75) is 0 Å². The van der Waals surface area contributed by atoms with Crippen LogP contribution in [0.2, 0.25) is 10.0 Å². The van der Waals surface area contributed by atoms with Gasteiger partial charge in [0.25, 0.3) is 5.69 Å². The maximum atomic E-state index is 11.8. The maximum absolute atomic E-state index is 11.8. The van der Waals surface area contributed by atoms with E-state index in [0.717, 1.165) is 6.07 Å². The summed E-state index contributed by atoms with van der Waals surface area (Å²) in [5.74, 6) is 0. The lowest BCUT2D eigenvalue weighted by Crippen LogP contribution is -2.19. The Morgan fingerprint density at radius 3 is 2.48 bits per heavy atom. The molecule has 8 heteroatoms. The maximum Gasteiger partial charge on any atom is 0.323 e. The zero-order chi connectivity index (χ0) is 15.4. The Balaban J connectivity index is 2.08. The molecule has 0 saturated carbocycles. The molecule has 0 bridgehead atoms. The van der Waals surface area contributed by atoms with Gasteiger partial charge in [0.2, 0.25) is 0 Å². The fraction of sp³-hybridized carbons (Fsp3) is 0. The quantitative estimate of drug-likeness (QED) is 0.641. The molecule has 0 aliphatic rings. The van der Waals surface area contributed by atoms with Crippen molar-refractivity contribution in [1.29, 1.82) is 0 Å². The Hall–Kier alpha value is -2.31. The first kappa shape index (κ1) is 15.1. The third-order valence-electron chi connectivity index (χ3n) is 2.49. The zero-order valence-electron chi connectivity index (χ0n) is 10.5. The zero-order valence-corrected chi connectivity index (χ0v) is 12.0. The van der Waals surface area contributed by atoms with Crippen molar-refractivity contribution < 1.29 is 9.72 Å². The van der Waals surface area contributed by atoms with E-state index in [-0.39, 0.29) is 16.4 Å². The van der Waals surface area contributed by atoms with Crippen LogP contribution in [0.25, 0.3) is 0 Å². The molecule has 0 heterocycles. The molecule has 0 fully saturated rings. The fourth-order valence-electron chi connectivity index (χ4n) is 1.57. The molecule has 2 N–H and O–H groups in total. The summed E-state index contributed by atoms with van der Waals surface area (Å²) in [7, 11) is 0. The number of nitro groups is 1. The van der Waals surface area contributed by atoms with E-state index in [1.807, 2.05) is 0 Å². The van der Waals surface area contributed by atoms with Crippen molar-refractivity contribution in [2.24, 2.45) is 0 Å². The monoisotopic (exact) mass is 325 g/mol. The largest absolute Gasteiger partial charge is 0.323 e. The topological polar surface area (TPSA) is 84.3 Å². The van der Waals surface area contributed by atoms with E-state index in [1.165, 1.54) is 12.1 Å². The van der Waals surface area contributed by atoms with Gasteiger partial charge in [-0.05, 0) is 24.3 Å². The number of anilines is 2. The Kier molecular flexibility index (Phi) is 4.62. The molecule has 0 radical (unpaired) electrons. The van der Waals surface area contributed by atoms with E-state index in [0.29, 0.717) is 10.7 Å². The third kappa shape index (κ3) is 4.08. The number of hydrogen-bond donors (Lipinski definition) is 2. The molecular weight excluding hydrogens is 317 g/mol. The minimum atomic E-state index is -0.568. The van der Waals surface area contributed by atoms with Crippen LogP contribution < -0.4 is 10.6 Å². The highest BCUT2D eigenvalue weighted by molar-refractivity contribution is 6.34. The smallest absolute Gasteiger partial charge is 0.308 e. The van der Waals surface area contributed by atoms with Gasteiger partial charge in [-0.2, -0.15) is 0 Å². The second-order valence-corrected chi connectivity index (χ2v) is 4.85. The predicted octanol–water partition coefficient (Wildman–Crippen LogP) is 4.55. The molecule has 2 rings (SSSR count). The number of halogens is 2. The Morgan fingerprint density at radius 1 is 1.10 bits per heavy atom. The second-order valence-electron chi connectivity index (χ2n) is 4.01. The summed E-state index contributed by atoms with van der Waals surface area (Å²) >= 11 is 11.7. The summed E-state index contributed by atoms with van der Waals surface area (Å²) in [6, 6.07) is 9.86. The number of urea groups is 1. The average molecular weight is 326 g/mol. The lowest BCUT2D eigenvalue weighted by molar-refractivity contribution is -0.384. The molecular formula is C13H9Cl2N3O3. The molecule has 0 unspecified atom stereocenters. The lowest BCUT2D eigenvalue weighted by atomic mass is 10.3. The van der Waals surface area contributed by atoms with E-state index < -0.39 is 11.0 Å². The minimum absolute atomic E-state index is 0.0745. The normalized spacial score (nSPS) is 10.0. The minimum Gasteiger partial charge on any atom is -0.308 e. The predicted molar refractivity (Wildman–Crippen MR) is 82.2 cm³/mol. The first-order valence-corrected chi connectivity index (χ1v) is 6.49.